The van der Waals surface area contributed by atoms with Crippen LogP contribution in [0.1, 0.15) is 55.7 Å². The third-order valence-corrected chi connectivity index (χ3v) is 4.53. The Balaban J connectivity index is 1.60. The first-order chi connectivity index (χ1) is 9.54. The highest BCUT2D eigenvalue weighted by Crippen LogP contribution is 2.39. The Morgan fingerprint density at radius 1 is 1.45 bits per heavy atom. The van der Waals surface area contributed by atoms with Gasteiger partial charge in [0.1, 0.15) is 5.69 Å². The van der Waals surface area contributed by atoms with Gasteiger partial charge in [-0.25, -0.2) is 0 Å². The number of H-pyrrole nitrogens is 1. The van der Waals surface area contributed by atoms with Gasteiger partial charge >= 0.3 is 0 Å². The van der Waals surface area contributed by atoms with Crippen LogP contribution in [0.25, 0.3) is 0 Å². The number of nitrogens with one attached hydrogen (secondary N) is 2. The van der Waals surface area contributed by atoms with E-state index >= 15 is 0 Å². The summed E-state index contributed by atoms with van der Waals surface area (Å²) in [5, 5.41) is 10.3. The summed E-state index contributed by atoms with van der Waals surface area (Å²) in [6.07, 6.45) is 2.43. The zero-order valence-electron chi connectivity index (χ0n) is 12.5. The molecule has 1 aromatic heterocycles. The number of carbonyl (C=O) groups is 1. The normalized spacial score (nSPS) is 27.2. The van der Waals surface area contributed by atoms with Gasteiger partial charge in [-0.05, 0) is 38.7 Å². The van der Waals surface area contributed by atoms with Crippen LogP contribution in [0.5, 0.6) is 0 Å². The zero-order valence-corrected chi connectivity index (χ0v) is 12.5. The van der Waals surface area contributed by atoms with Crippen molar-refractivity contribution in [1.82, 2.24) is 20.4 Å². The topological polar surface area (TPSA) is 61.0 Å². The maximum Gasteiger partial charge on any atom is 0.272 e. The van der Waals surface area contributed by atoms with Crippen molar-refractivity contribution < 1.29 is 4.79 Å². The van der Waals surface area contributed by atoms with E-state index < -0.39 is 0 Å². The van der Waals surface area contributed by atoms with E-state index in [1.54, 1.807) is 0 Å². The maximum atomic E-state index is 12.3. The van der Waals surface area contributed by atoms with Gasteiger partial charge in [-0.3, -0.25) is 14.8 Å². The Morgan fingerprint density at radius 3 is 2.80 bits per heavy atom. The van der Waals surface area contributed by atoms with E-state index in [2.05, 4.69) is 41.2 Å². The summed E-state index contributed by atoms with van der Waals surface area (Å²) in [7, 11) is 0. The van der Waals surface area contributed by atoms with Crippen molar-refractivity contribution >= 4 is 5.91 Å². The van der Waals surface area contributed by atoms with Crippen LogP contribution in [0.4, 0.5) is 0 Å². The van der Waals surface area contributed by atoms with E-state index in [4.69, 9.17) is 0 Å². The Labute approximate surface area is 120 Å². The molecule has 0 spiro atoms. The summed E-state index contributed by atoms with van der Waals surface area (Å²) in [6, 6.07) is 2.67. The van der Waals surface area contributed by atoms with Crippen molar-refractivity contribution in [3.05, 3.63) is 17.5 Å². The SMILES string of the molecule is CC(C)N1C[C@@H](C)[C@@H](NC(=O)c2cc(C3CC3)[nH]n2)C1. The maximum absolute atomic E-state index is 12.3. The van der Waals surface area contributed by atoms with Crippen LogP contribution in [0, 0.1) is 5.92 Å². The van der Waals surface area contributed by atoms with Gasteiger partial charge in [-0.1, -0.05) is 6.92 Å². The Morgan fingerprint density at radius 2 is 2.20 bits per heavy atom. The van der Waals surface area contributed by atoms with Gasteiger partial charge in [0.25, 0.3) is 5.91 Å². The van der Waals surface area contributed by atoms with Crippen LogP contribution in [0.2, 0.25) is 0 Å². The zero-order chi connectivity index (χ0) is 14.3. The Kier molecular flexibility index (Phi) is 3.54. The third-order valence-electron chi connectivity index (χ3n) is 4.53. The first-order valence-corrected chi connectivity index (χ1v) is 7.65. The number of hydrogen-bond donors (Lipinski definition) is 2. The minimum absolute atomic E-state index is 0.0457. The highest BCUT2D eigenvalue weighted by Gasteiger charge is 2.33. The molecule has 1 aromatic rings. The molecule has 0 aromatic carbocycles. The van der Waals surface area contributed by atoms with Crippen LogP contribution in [0.15, 0.2) is 6.07 Å². The second kappa shape index (κ2) is 5.20. The van der Waals surface area contributed by atoms with E-state index in [0.29, 0.717) is 23.6 Å². The predicted molar refractivity (Wildman–Crippen MR) is 77.7 cm³/mol. The summed E-state index contributed by atoms with van der Waals surface area (Å²) in [5.74, 6) is 1.05. The molecule has 5 heteroatoms. The van der Waals surface area contributed by atoms with Gasteiger partial charge in [0.05, 0.1) is 0 Å². The number of likely N-dealkylation sites (tertiary alicyclic amines) is 1. The highest BCUT2D eigenvalue weighted by atomic mass is 16.2. The highest BCUT2D eigenvalue weighted by molar-refractivity contribution is 5.92. The molecule has 0 unspecified atom stereocenters. The van der Waals surface area contributed by atoms with Crippen LogP contribution in [-0.4, -0.2) is 46.2 Å². The average molecular weight is 276 g/mol. The molecule has 0 bridgehead atoms. The van der Waals surface area contributed by atoms with Gasteiger partial charge in [0.15, 0.2) is 0 Å². The van der Waals surface area contributed by atoms with Gasteiger partial charge in [-0.15, -0.1) is 0 Å². The monoisotopic (exact) mass is 276 g/mol. The van der Waals surface area contributed by atoms with Crippen molar-refractivity contribution in [2.75, 3.05) is 13.1 Å². The van der Waals surface area contributed by atoms with Gasteiger partial charge in [-0.2, -0.15) is 5.10 Å². The molecule has 110 valence electrons. The molecule has 2 heterocycles. The van der Waals surface area contributed by atoms with Crippen molar-refractivity contribution in [1.29, 1.82) is 0 Å². The molecule has 2 atom stereocenters. The summed E-state index contributed by atoms with van der Waals surface area (Å²) >= 11 is 0. The molecule has 2 aliphatic rings. The van der Waals surface area contributed by atoms with Crippen LogP contribution >= 0.6 is 0 Å². The molecule has 1 amide bonds. The minimum atomic E-state index is -0.0457. The third kappa shape index (κ3) is 2.73. The lowest BCUT2D eigenvalue weighted by atomic mass is 10.1. The molecule has 2 fully saturated rings. The molecule has 1 saturated carbocycles. The van der Waals surface area contributed by atoms with Crippen molar-refractivity contribution in [2.45, 2.75) is 51.6 Å². The average Bonchev–Trinajstić information content (AvgIpc) is 3.01. The second-order valence-corrected chi connectivity index (χ2v) is 6.59. The lowest BCUT2D eigenvalue weighted by molar-refractivity contribution is 0.0925. The molecule has 1 aliphatic heterocycles. The number of rotatable bonds is 4. The lowest BCUT2D eigenvalue weighted by Crippen LogP contribution is -2.40. The van der Waals surface area contributed by atoms with Gasteiger partial charge in [0.2, 0.25) is 0 Å². The van der Waals surface area contributed by atoms with Gasteiger partial charge in [0, 0.05) is 36.8 Å². The first kappa shape index (κ1) is 13.6. The minimum Gasteiger partial charge on any atom is -0.346 e. The quantitative estimate of drug-likeness (QED) is 0.880. The first-order valence-electron chi connectivity index (χ1n) is 7.65. The molecule has 0 radical (unpaired) electrons. The summed E-state index contributed by atoms with van der Waals surface area (Å²) in [5.41, 5.74) is 1.64. The predicted octanol–water partition coefficient (Wildman–Crippen LogP) is 1.75. The van der Waals surface area contributed by atoms with E-state index in [0.717, 1.165) is 18.8 Å². The second-order valence-electron chi connectivity index (χ2n) is 6.59. The molecule has 3 rings (SSSR count). The van der Waals surface area contributed by atoms with Crippen molar-refractivity contribution in [3.8, 4) is 0 Å². The van der Waals surface area contributed by atoms with E-state index in [9.17, 15) is 4.79 Å². The molecular weight excluding hydrogens is 252 g/mol. The van der Waals surface area contributed by atoms with Gasteiger partial charge < -0.3 is 5.32 Å². The molecule has 20 heavy (non-hydrogen) atoms. The number of amides is 1. The largest absolute Gasteiger partial charge is 0.346 e. The fourth-order valence-electron chi connectivity index (χ4n) is 2.91. The number of carbonyl (C=O) groups excluding carboxylic acids is 1. The fourth-order valence-corrected chi connectivity index (χ4v) is 2.91. The number of hydrogen-bond acceptors (Lipinski definition) is 3. The van der Waals surface area contributed by atoms with Crippen molar-refractivity contribution in [2.24, 2.45) is 5.92 Å². The number of nitrogens with zero attached hydrogens (tertiary/aromatic N) is 2. The molecule has 1 aliphatic carbocycles. The molecular formula is C15H24N4O. The van der Waals surface area contributed by atoms with Crippen LogP contribution < -0.4 is 5.32 Å². The van der Waals surface area contributed by atoms with E-state index in [1.165, 1.54) is 12.8 Å². The lowest BCUT2D eigenvalue weighted by Gasteiger charge is -2.20. The van der Waals surface area contributed by atoms with E-state index in [1.807, 2.05) is 6.07 Å². The fraction of sp³-hybridized carbons (Fsp3) is 0.733. The standard InChI is InChI=1S/C15H24N4O/c1-9(2)19-7-10(3)14(8-19)16-15(20)13-6-12(17-18-13)11-4-5-11/h6,9-11,14H,4-5,7-8H2,1-3H3,(H,16,20)(H,17,18)/t10-,14+/m1/s1. The van der Waals surface area contributed by atoms with E-state index in [-0.39, 0.29) is 11.9 Å². The van der Waals surface area contributed by atoms with Crippen molar-refractivity contribution in [3.63, 3.8) is 0 Å². The van der Waals surface area contributed by atoms with Crippen LogP contribution in [0.3, 0.4) is 0 Å². The number of aromatic amines is 1. The summed E-state index contributed by atoms with van der Waals surface area (Å²) < 4.78 is 0. The summed E-state index contributed by atoms with van der Waals surface area (Å²) in [6.45, 7) is 8.59. The molecule has 5 nitrogen and oxygen atoms in total. The number of aromatic nitrogens is 2. The smallest absolute Gasteiger partial charge is 0.272 e. The molecule has 1 saturated heterocycles. The summed E-state index contributed by atoms with van der Waals surface area (Å²) in [4.78, 5) is 14.7. The Hall–Kier alpha value is -1.36. The molecule has 2 N–H and O–H groups in total. The van der Waals surface area contributed by atoms with Crippen LogP contribution in [-0.2, 0) is 0 Å². The Bertz CT molecular complexity index is 492.